The van der Waals surface area contributed by atoms with Crippen LogP contribution in [0.25, 0.3) is 16.8 Å². The Bertz CT molecular complexity index is 1340. The quantitative estimate of drug-likeness (QED) is 0.376. The molecule has 0 unspecified atom stereocenters. The summed E-state index contributed by atoms with van der Waals surface area (Å²) in [5, 5.41) is 14.2. The van der Waals surface area contributed by atoms with E-state index in [1.807, 2.05) is 49.4 Å². The normalized spacial score (nSPS) is 10.6. The number of nitrogens with one attached hydrogen (secondary N) is 1. The molecule has 3 aromatic carbocycles. The van der Waals surface area contributed by atoms with Crippen LogP contribution in [0, 0.1) is 6.92 Å². The summed E-state index contributed by atoms with van der Waals surface area (Å²) in [5.74, 6) is 2.41. The van der Waals surface area contributed by atoms with Gasteiger partial charge in [0.25, 0.3) is 0 Å². The van der Waals surface area contributed by atoms with Crippen LogP contribution in [0.4, 0.5) is 4.79 Å². The van der Waals surface area contributed by atoms with Crippen LogP contribution in [-0.2, 0) is 6.42 Å². The molecular weight excluding hydrogens is 462 g/mol. The zero-order valence-electron chi connectivity index (χ0n) is 20.5. The van der Waals surface area contributed by atoms with Crippen molar-refractivity contribution in [1.82, 2.24) is 25.5 Å². The molecule has 0 fully saturated rings. The number of benzene rings is 3. The summed E-state index contributed by atoms with van der Waals surface area (Å²) in [6.07, 6.45) is 1.50. The maximum atomic E-state index is 12.6. The second-order valence-corrected chi connectivity index (χ2v) is 7.91. The molecule has 10 nitrogen and oxygen atoms in total. The van der Waals surface area contributed by atoms with Crippen molar-refractivity contribution < 1.29 is 23.7 Å². The molecule has 0 spiro atoms. The van der Waals surface area contributed by atoms with E-state index in [2.05, 4.69) is 20.8 Å². The van der Waals surface area contributed by atoms with Gasteiger partial charge in [0, 0.05) is 12.6 Å². The first kappa shape index (κ1) is 24.5. The SMILES string of the molecule is COc1ccc(-c2cc(OC(=O)NCCc3ccc(OC)c(OC)c3)cc(-n3cnnn3)c2)c(C)c1. The van der Waals surface area contributed by atoms with Crippen molar-refractivity contribution in [3.63, 3.8) is 0 Å². The molecule has 1 amide bonds. The second-order valence-electron chi connectivity index (χ2n) is 7.91. The predicted octanol–water partition coefficient (Wildman–Crippen LogP) is 3.99. The molecule has 10 heteroatoms. The molecule has 0 bridgehead atoms. The van der Waals surface area contributed by atoms with Gasteiger partial charge in [0.2, 0.25) is 0 Å². The zero-order valence-corrected chi connectivity index (χ0v) is 20.5. The zero-order chi connectivity index (χ0) is 25.5. The minimum absolute atomic E-state index is 0.358. The van der Waals surface area contributed by atoms with Crippen molar-refractivity contribution in [2.75, 3.05) is 27.9 Å². The van der Waals surface area contributed by atoms with Crippen molar-refractivity contribution in [3.8, 4) is 39.8 Å². The summed E-state index contributed by atoms with van der Waals surface area (Å²) in [7, 11) is 4.80. The lowest BCUT2D eigenvalue weighted by molar-refractivity contribution is 0.200. The highest BCUT2D eigenvalue weighted by Crippen LogP contribution is 2.32. The van der Waals surface area contributed by atoms with E-state index in [1.54, 1.807) is 33.5 Å². The molecule has 0 aliphatic heterocycles. The number of amides is 1. The van der Waals surface area contributed by atoms with E-state index in [0.29, 0.717) is 35.9 Å². The number of hydrogen-bond acceptors (Lipinski definition) is 8. The van der Waals surface area contributed by atoms with Crippen LogP contribution < -0.4 is 24.3 Å². The first-order valence-electron chi connectivity index (χ1n) is 11.2. The van der Waals surface area contributed by atoms with Crippen molar-refractivity contribution in [2.24, 2.45) is 0 Å². The average Bonchev–Trinajstić information content (AvgIpc) is 3.43. The van der Waals surface area contributed by atoms with E-state index < -0.39 is 6.09 Å². The van der Waals surface area contributed by atoms with Crippen LogP contribution in [0.2, 0.25) is 0 Å². The Kier molecular flexibility index (Phi) is 7.64. The Labute approximate surface area is 208 Å². The number of carbonyl (C=O) groups is 1. The highest BCUT2D eigenvalue weighted by atomic mass is 16.6. The molecule has 4 aromatic rings. The van der Waals surface area contributed by atoms with Crippen molar-refractivity contribution >= 4 is 6.09 Å². The highest BCUT2D eigenvalue weighted by Gasteiger charge is 2.13. The molecule has 1 N–H and O–H groups in total. The van der Waals surface area contributed by atoms with Crippen LogP contribution in [0.3, 0.4) is 0 Å². The summed E-state index contributed by atoms with van der Waals surface area (Å²) in [5.41, 5.74) is 4.46. The van der Waals surface area contributed by atoms with Crippen LogP contribution in [0.5, 0.6) is 23.0 Å². The van der Waals surface area contributed by atoms with E-state index in [1.165, 1.54) is 11.0 Å². The predicted molar refractivity (Wildman–Crippen MR) is 133 cm³/mol. The van der Waals surface area contributed by atoms with Gasteiger partial charge in [0.05, 0.1) is 27.0 Å². The summed E-state index contributed by atoms with van der Waals surface area (Å²) in [6.45, 7) is 2.37. The highest BCUT2D eigenvalue weighted by molar-refractivity contribution is 5.75. The summed E-state index contributed by atoms with van der Waals surface area (Å²) < 4.78 is 23.0. The molecule has 0 aliphatic rings. The van der Waals surface area contributed by atoms with Gasteiger partial charge in [0.1, 0.15) is 17.8 Å². The number of nitrogens with zero attached hydrogens (tertiary/aromatic N) is 4. The van der Waals surface area contributed by atoms with Gasteiger partial charge in [-0.1, -0.05) is 12.1 Å². The minimum atomic E-state index is -0.568. The molecule has 0 saturated carbocycles. The molecule has 0 aliphatic carbocycles. The lowest BCUT2D eigenvalue weighted by Crippen LogP contribution is -2.28. The van der Waals surface area contributed by atoms with Gasteiger partial charge in [0.15, 0.2) is 11.5 Å². The Morgan fingerprint density at radius 3 is 2.44 bits per heavy atom. The van der Waals surface area contributed by atoms with Gasteiger partial charge in [-0.05, 0) is 82.4 Å². The number of ether oxygens (including phenoxy) is 4. The summed E-state index contributed by atoms with van der Waals surface area (Å²) >= 11 is 0. The first-order valence-corrected chi connectivity index (χ1v) is 11.2. The maximum absolute atomic E-state index is 12.6. The third kappa shape index (κ3) is 5.72. The van der Waals surface area contributed by atoms with Gasteiger partial charge < -0.3 is 24.3 Å². The van der Waals surface area contributed by atoms with Crippen LogP contribution in [-0.4, -0.2) is 54.2 Å². The van der Waals surface area contributed by atoms with E-state index in [9.17, 15) is 4.79 Å². The summed E-state index contributed by atoms with van der Waals surface area (Å²) in [6, 6.07) is 16.8. The van der Waals surface area contributed by atoms with Gasteiger partial charge in [-0.25, -0.2) is 9.48 Å². The van der Waals surface area contributed by atoms with Crippen LogP contribution >= 0.6 is 0 Å². The molecule has 1 heterocycles. The van der Waals surface area contributed by atoms with Crippen molar-refractivity contribution in [3.05, 3.63) is 72.1 Å². The standard InChI is InChI=1S/C26H27N5O5/c1-17-11-21(33-2)6-7-23(17)19-13-20(31-16-28-29-30-31)15-22(14-19)36-26(32)27-10-9-18-5-8-24(34-3)25(12-18)35-4/h5-8,11-16H,9-10H2,1-4H3,(H,27,32). The first-order chi connectivity index (χ1) is 17.5. The van der Waals surface area contributed by atoms with Gasteiger partial charge in [-0.3, -0.25) is 0 Å². The lowest BCUT2D eigenvalue weighted by Gasteiger charge is -2.13. The van der Waals surface area contributed by atoms with E-state index in [0.717, 1.165) is 28.0 Å². The smallest absolute Gasteiger partial charge is 0.412 e. The van der Waals surface area contributed by atoms with E-state index >= 15 is 0 Å². The number of carbonyl (C=O) groups excluding carboxylic acids is 1. The maximum Gasteiger partial charge on any atom is 0.412 e. The van der Waals surface area contributed by atoms with Crippen molar-refractivity contribution in [1.29, 1.82) is 0 Å². The fourth-order valence-electron chi connectivity index (χ4n) is 3.78. The number of tetrazole rings is 1. The number of aromatic nitrogens is 4. The number of rotatable bonds is 9. The Balaban J connectivity index is 1.49. The largest absolute Gasteiger partial charge is 0.497 e. The topological polar surface area (TPSA) is 110 Å². The van der Waals surface area contributed by atoms with Gasteiger partial charge in [-0.2, -0.15) is 0 Å². The molecule has 1 aromatic heterocycles. The van der Waals surface area contributed by atoms with E-state index in [-0.39, 0.29) is 0 Å². The molecule has 0 atom stereocenters. The molecule has 186 valence electrons. The van der Waals surface area contributed by atoms with Crippen LogP contribution in [0.15, 0.2) is 60.9 Å². The fraction of sp³-hybridized carbons (Fsp3) is 0.231. The number of methoxy groups -OCH3 is 3. The van der Waals surface area contributed by atoms with Gasteiger partial charge in [-0.15, -0.1) is 5.10 Å². The third-order valence-corrected chi connectivity index (χ3v) is 5.59. The number of aryl methyl sites for hydroxylation is 1. The van der Waals surface area contributed by atoms with Crippen molar-refractivity contribution in [2.45, 2.75) is 13.3 Å². The Morgan fingerprint density at radius 2 is 1.75 bits per heavy atom. The Morgan fingerprint density at radius 1 is 0.917 bits per heavy atom. The molecule has 36 heavy (non-hydrogen) atoms. The Hall–Kier alpha value is -4.60. The molecule has 4 rings (SSSR count). The average molecular weight is 490 g/mol. The minimum Gasteiger partial charge on any atom is -0.497 e. The molecule has 0 saturated heterocycles. The third-order valence-electron chi connectivity index (χ3n) is 5.59. The summed E-state index contributed by atoms with van der Waals surface area (Å²) in [4.78, 5) is 12.6. The van der Waals surface area contributed by atoms with Crippen LogP contribution in [0.1, 0.15) is 11.1 Å². The fourth-order valence-corrected chi connectivity index (χ4v) is 3.78. The lowest BCUT2D eigenvalue weighted by atomic mass is 9.99. The molecular formula is C26H27N5O5. The monoisotopic (exact) mass is 489 g/mol. The van der Waals surface area contributed by atoms with E-state index in [4.69, 9.17) is 18.9 Å². The van der Waals surface area contributed by atoms with Gasteiger partial charge >= 0.3 is 6.09 Å². The molecule has 0 radical (unpaired) electrons. The number of hydrogen-bond donors (Lipinski definition) is 1. The second kappa shape index (κ2) is 11.2.